The monoisotopic (exact) mass is 419 g/mol. The lowest BCUT2D eigenvalue weighted by atomic mass is 10.0. The van der Waals surface area contributed by atoms with Crippen molar-refractivity contribution >= 4 is 35.7 Å². The third-order valence-electron chi connectivity index (χ3n) is 4.51. The quantitative estimate of drug-likeness (QED) is 0.615. The summed E-state index contributed by atoms with van der Waals surface area (Å²) in [5.41, 5.74) is 0.978. The van der Waals surface area contributed by atoms with Gasteiger partial charge >= 0.3 is 6.03 Å². The van der Waals surface area contributed by atoms with Crippen LogP contribution in [0.2, 0.25) is 10.0 Å². The highest BCUT2D eigenvalue weighted by molar-refractivity contribution is 6.35. The van der Waals surface area contributed by atoms with Gasteiger partial charge in [-0.25, -0.2) is 4.79 Å². The molecule has 7 nitrogen and oxygen atoms in total. The SMILES string of the molecule is CN(CCO)C1CCN(C(=O)NCCc2ccc(Cl)cc2Cl)CC1.O=CO. The van der Waals surface area contributed by atoms with Gasteiger partial charge in [0.25, 0.3) is 6.47 Å². The molecule has 1 aliphatic heterocycles. The van der Waals surface area contributed by atoms with Gasteiger partial charge in [0.05, 0.1) is 6.61 Å². The van der Waals surface area contributed by atoms with Gasteiger partial charge in [0.1, 0.15) is 0 Å². The number of aliphatic hydroxyl groups is 1. The molecule has 0 aromatic heterocycles. The second-order valence-electron chi connectivity index (χ2n) is 6.25. The molecule has 0 saturated carbocycles. The van der Waals surface area contributed by atoms with Crippen LogP contribution >= 0.6 is 23.2 Å². The minimum atomic E-state index is -0.250. The molecule has 0 spiro atoms. The molecule has 152 valence electrons. The van der Waals surface area contributed by atoms with Crippen LogP contribution in [-0.2, 0) is 11.2 Å². The Bertz CT molecular complexity index is 596. The smallest absolute Gasteiger partial charge is 0.317 e. The fourth-order valence-corrected chi connectivity index (χ4v) is 3.49. The Morgan fingerprint density at radius 1 is 1.37 bits per heavy atom. The van der Waals surface area contributed by atoms with E-state index in [1.165, 1.54) is 0 Å². The number of nitrogens with one attached hydrogen (secondary N) is 1. The Morgan fingerprint density at radius 2 is 2.00 bits per heavy atom. The van der Waals surface area contributed by atoms with Crippen molar-refractivity contribution in [2.45, 2.75) is 25.3 Å². The predicted molar refractivity (Wildman–Crippen MR) is 107 cm³/mol. The number of benzene rings is 1. The van der Waals surface area contributed by atoms with E-state index in [1.807, 2.05) is 18.0 Å². The van der Waals surface area contributed by atoms with Gasteiger partial charge in [-0.05, 0) is 44.0 Å². The zero-order valence-electron chi connectivity index (χ0n) is 15.4. The number of amides is 2. The number of piperidine rings is 1. The van der Waals surface area contributed by atoms with Crippen LogP contribution in [-0.4, -0.2) is 78.4 Å². The molecule has 1 heterocycles. The highest BCUT2D eigenvalue weighted by Crippen LogP contribution is 2.21. The second kappa shape index (κ2) is 12.8. The third-order valence-corrected chi connectivity index (χ3v) is 5.10. The molecule has 2 amide bonds. The molecule has 1 aromatic carbocycles. The summed E-state index contributed by atoms with van der Waals surface area (Å²) in [6.07, 6.45) is 2.55. The Balaban J connectivity index is 0.00000114. The number of hydrogen-bond donors (Lipinski definition) is 3. The van der Waals surface area contributed by atoms with E-state index in [9.17, 15) is 4.79 Å². The second-order valence-corrected chi connectivity index (χ2v) is 7.09. The maximum absolute atomic E-state index is 12.2. The normalized spacial score (nSPS) is 14.5. The summed E-state index contributed by atoms with van der Waals surface area (Å²) in [5.74, 6) is 0. The van der Waals surface area contributed by atoms with E-state index >= 15 is 0 Å². The number of carbonyl (C=O) groups is 2. The Hall–Kier alpha value is -1.54. The summed E-state index contributed by atoms with van der Waals surface area (Å²) < 4.78 is 0. The molecule has 1 aromatic rings. The third kappa shape index (κ3) is 8.34. The van der Waals surface area contributed by atoms with Crippen LogP contribution in [0.3, 0.4) is 0 Å². The van der Waals surface area contributed by atoms with Crippen molar-refractivity contribution < 1.29 is 19.8 Å². The molecule has 0 unspecified atom stereocenters. The number of likely N-dealkylation sites (N-methyl/N-ethyl adjacent to an activating group) is 1. The zero-order chi connectivity index (χ0) is 20.2. The van der Waals surface area contributed by atoms with E-state index in [2.05, 4.69) is 10.2 Å². The summed E-state index contributed by atoms with van der Waals surface area (Å²) in [6.45, 7) is 2.63. The molecule has 9 heteroatoms. The number of urea groups is 1. The highest BCUT2D eigenvalue weighted by Gasteiger charge is 2.24. The Labute approximate surface area is 169 Å². The molecule has 0 aliphatic carbocycles. The lowest BCUT2D eigenvalue weighted by Crippen LogP contribution is -2.49. The van der Waals surface area contributed by atoms with Crippen LogP contribution in [0.4, 0.5) is 4.79 Å². The van der Waals surface area contributed by atoms with Gasteiger partial charge in [0, 0.05) is 42.3 Å². The molecule has 1 fully saturated rings. The van der Waals surface area contributed by atoms with Crippen LogP contribution in [0.25, 0.3) is 0 Å². The van der Waals surface area contributed by atoms with Gasteiger partial charge in [-0.2, -0.15) is 0 Å². The van der Waals surface area contributed by atoms with Crippen molar-refractivity contribution in [3.8, 4) is 0 Å². The summed E-state index contributed by atoms with van der Waals surface area (Å²) in [7, 11) is 2.02. The van der Waals surface area contributed by atoms with Crippen molar-refractivity contribution in [3.05, 3.63) is 33.8 Å². The van der Waals surface area contributed by atoms with Gasteiger partial charge in [0.15, 0.2) is 0 Å². The average Bonchev–Trinajstić information content (AvgIpc) is 2.64. The molecular formula is C18H27Cl2N3O4. The zero-order valence-corrected chi connectivity index (χ0v) is 16.9. The standard InChI is InChI=1S/C17H25Cl2N3O2.CH2O2/c1-21(10-11-23)15-5-8-22(9-6-15)17(24)20-7-4-13-2-3-14(18)12-16(13)19;2-1-3/h2-3,12,15,23H,4-11H2,1H3,(H,20,24);1H,(H,2,3). The molecule has 1 saturated heterocycles. The fourth-order valence-electron chi connectivity index (χ4n) is 2.99. The van der Waals surface area contributed by atoms with Crippen LogP contribution in [0.15, 0.2) is 18.2 Å². The molecule has 27 heavy (non-hydrogen) atoms. The maximum Gasteiger partial charge on any atom is 0.317 e. The van der Waals surface area contributed by atoms with Crippen molar-refractivity contribution in [1.82, 2.24) is 15.1 Å². The first-order valence-corrected chi connectivity index (χ1v) is 9.54. The molecule has 1 aliphatic rings. The first-order chi connectivity index (χ1) is 12.9. The van der Waals surface area contributed by atoms with E-state index in [4.69, 9.17) is 38.2 Å². The Morgan fingerprint density at radius 3 is 2.56 bits per heavy atom. The number of aliphatic hydroxyl groups excluding tert-OH is 1. The summed E-state index contributed by atoms with van der Waals surface area (Å²) in [4.78, 5) is 24.6. The largest absolute Gasteiger partial charge is 0.483 e. The van der Waals surface area contributed by atoms with Crippen LogP contribution < -0.4 is 5.32 Å². The molecule has 2 rings (SSSR count). The highest BCUT2D eigenvalue weighted by atomic mass is 35.5. The molecule has 3 N–H and O–H groups in total. The number of likely N-dealkylation sites (tertiary alicyclic amines) is 1. The van der Waals surface area contributed by atoms with E-state index in [0.29, 0.717) is 35.6 Å². The van der Waals surface area contributed by atoms with Gasteiger partial charge in [-0.15, -0.1) is 0 Å². The maximum atomic E-state index is 12.2. The fraction of sp³-hybridized carbons (Fsp3) is 0.556. The molecule has 0 radical (unpaired) electrons. The summed E-state index contributed by atoms with van der Waals surface area (Å²) >= 11 is 12.0. The van der Waals surface area contributed by atoms with Crippen molar-refractivity contribution in [1.29, 1.82) is 0 Å². The van der Waals surface area contributed by atoms with E-state index < -0.39 is 0 Å². The van der Waals surface area contributed by atoms with Gasteiger partial charge in [-0.3, -0.25) is 4.79 Å². The number of nitrogens with zero attached hydrogens (tertiary/aromatic N) is 2. The lowest BCUT2D eigenvalue weighted by Gasteiger charge is -2.36. The first kappa shape index (κ1) is 23.5. The van der Waals surface area contributed by atoms with E-state index in [-0.39, 0.29) is 19.1 Å². The van der Waals surface area contributed by atoms with E-state index in [0.717, 1.165) is 31.5 Å². The van der Waals surface area contributed by atoms with E-state index in [1.54, 1.807) is 12.1 Å². The average molecular weight is 420 g/mol. The molecular weight excluding hydrogens is 393 g/mol. The topological polar surface area (TPSA) is 93.1 Å². The van der Waals surface area contributed by atoms with Crippen molar-refractivity contribution in [2.24, 2.45) is 0 Å². The molecule has 0 bridgehead atoms. The number of carboxylic acid groups (broad SMARTS) is 1. The van der Waals surface area contributed by atoms with Crippen molar-refractivity contribution in [2.75, 3.05) is 39.8 Å². The minimum absolute atomic E-state index is 0.0247. The first-order valence-electron chi connectivity index (χ1n) is 8.78. The number of halogens is 2. The van der Waals surface area contributed by atoms with Crippen molar-refractivity contribution in [3.63, 3.8) is 0 Å². The summed E-state index contributed by atoms with van der Waals surface area (Å²) in [6, 6.07) is 5.82. The van der Waals surface area contributed by atoms with Gasteiger partial charge in [-0.1, -0.05) is 29.3 Å². The minimum Gasteiger partial charge on any atom is -0.483 e. The number of rotatable bonds is 6. The predicted octanol–water partition coefficient (Wildman–Crippen LogP) is 2.33. The van der Waals surface area contributed by atoms with Crippen LogP contribution in [0.5, 0.6) is 0 Å². The van der Waals surface area contributed by atoms with Gasteiger partial charge < -0.3 is 25.3 Å². The Kier molecular flexibility index (Phi) is 11.1. The van der Waals surface area contributed by atoms with Gasteiger partial charge in [0.2, 0.25) is 0 Å². The molecule has 0 atom stereocenters. The number of carbonyl (C=O) groups excluding carboxylic acids is 1. The van der Waals surface area contributed by atoms with Crippen LogP contribution in [0.1, 0.15) is 18.4 Å². The lowest BCUT2D eigenvalue weighted by molar-refractivity contribution is -0.122. The van der Waals surface area contributed by atoms with Crippen LogP contribution in [0, 0.1) is 0 Å². The summed E-state index contributed by atoms with van der Waals surface area (Å²) in [5, 5.41) is 20.1. The number of hydrogen-bond acceptors (Lipinski definition) is 4.